The van der Waals surface area contributed by atoms with Gasteiger partial charge < -0.3 is 49.3 Å². The van der Waals surface area contributed by atoms with Crippen molar-refractivity contribution in [3.05, 3.63) is 52.8 Å². The van der Waals surface area contributed by atoms with Gasteiger partial charge in [-0.05, 0) is 72.9 Å². The molecule has 51 heavy (non-hydrogen) atoms. The Labute approximate surface area is 293 Å². The first-order valence-corrected chi connectivity index (χ1v) is 15.2. The van der Waals surface area contributed by atoms with Crippen LogP contribution in [-0.4, -0.2) is 89.0 Å². The number of hydrogen-bond acceptors (Lipinski definition) is 11. The van der Waals surface area contributed by atoms with Crippen molar-refractivity contribution in [2.24, 2.45) is 5.73 Å². The van der Waals surface area contributed by atoms with E-state index in [1.54, 1.807) is 42.7 Å². The van der Waals surface area contributed by atoms with Crippen molar-refractivity contribution in [2.75, 3.05) is 55.8 Å². The van der Waals surface area contributed by atoms with Crippen LogP contribution in [0.5, 0.6) is 40.5 Å². The van der Waals surface area contributed by atoms with Crippen molar-refractivity contribution >= 4 is 36.2 Å². The number of nitrogens with one attached hydrogen (secondary N) is 2. The fourth-order valence-corrected chi connectivity index (χ4v) is 4.25. The maximum Gasteiger partial charge on any atom is 0.490 e. The van der Waals surface area contributed by atoms with Gasteiger partial charge in [-0.2, -0.15) is 23.1 Å². The van der Waals surface area contributed by atoms with Crippen LogP contribution >= 0.6 is 0 Å². The van der Waals surface area contributed by atoms with Crippen molar-refractivity contribution in [3.8, 4) is 40.5 Å². The van der Waals surface area contributed by atoms with Crippen LogP contribution in [0.15, 0.2) is 30.3 Å². The minimum atomic E-state index is -5.08. The second-order valence-electron chi connectivity index (χ2n) is 10.1. The number of halogens is 3. The van der Waals surface area contributed by atoms with E-state index in [9.17, 15) is 13.2 Å². The van der Waals surface area contributed by atoms with Crippen LogP contribution in [0.2, 0.25) is 0 Å². The zero-order valence-electron chi connectivity index (χ0n) is 29.1. The van der Waals surface area contributed by atoms with Gasteiger partial charge in [0.2, 0.25) is 11.5 Å². The summed E-state index contributed by atoms with van der Waals surface area (Å²) in [6, 6.07) is 9.50. The highest BCUT2D eigenvalue weighted by Gasteiger charge is 2.38. The Morgan fingerprint density at radius 3 is 1.49 bits per heavy atom. The van der Waals surface area contributed by atoms with Gasteiger partial charge in [0, 0.05) is 6.54 Å². The molecule has 1 aromatic heterocycles. The van der Waals surface area contributed by atoms with E-state index >= 15 is 0 Å². The fourth-order valence-electron chi connectivity index (χ4n) is 4.25. The van der Waals surface area contributed by atoms with Crippen molar-refractivity contribution < 1.29 is 56.2 Å². The Bertz CT molecular complexity index is 1530. The highest BCUT2D eigenvalue weighted by Crippen LogP contribution is 2.39. The monoisotopic (exact) mass is 721 g/mol. The molecule has 1 heterocycles. The molecule has 5 N–H and O–H groups in total. The summed E-state index contributed by atoms with van der Waals surface area (Å²) in [4.78, 5) is 18.1. The molecular weight excluding hydrogens is 679 g/mol. The standard InChI is InChI=1S/C32H41N5O7.C2HF3O2/c1-38-25-16-21(17-26(39-2)29(25)42-5)10-12-23-20-24(37-32(36-23)44-15-9-7-8-14-35-31(33)34)13-11-22-18-27(40-3)30(43-6)28(19-22)41-4;3-2(4,5)1(6)7/h10-13,16-20H,7-9,14-15H2,1-6H3,(H4,33,34,35);(H,6,7). The molecule has 0 saturated carbocycles. The van der Waals surface area contributed by atoms with Gasteiger partial charge >= 0.3 is 18.2 Å². The number of carboxylic acids is 1. The van der Waals surface area contributed by atoms with Crippen LogP contribution in [0.1, 0.15) is 41.8 Å². The summed E-state index contributed by atoms with van der Waals surface area (Å²) in [6.07, 6.45) is 4.99. The summed E-state index contributed by atoms with van der Waals surface area (Å²) >= 11 is 0. The molecule has 0 spiro atoms. The average molecular weight is 722 g/mol. The lowest BCUT2D eigenvalue weighted by Crippen LogP contribution is -2.30. The molecule has 17 heteroatoms. The molecule has 2 aromatic carbocycles. The number of benzene rings is 2. The molecule has 0 amide bonds. The van der Waals surface area contributed by atoms with Gasteiger partial charge in [0.05, 0.1) is 60.7 Å². The number of unbranched alkanes of at least 4 members (excludes halogenated alkanes) is 2. The fraction of sp³-hybridized carbons (Fsp3) is 0.353. The molecule has 0 aliphatic heterocycles. The number of aliphatic carboxylic acids is 1. The number of alkyl halides is 3. The van der Waals surface area contributed by atoms with E-state index in [1.807, 2.05) is 54.6 Å². The molecule has 0 fully saturated rings. The summed E-state index contributed by atoms with van der Waals surface area (Å²) in [7, 11) is 9.43. The van der Waals surface area contributed by atoms with Crippen LogP contribution in [0.25, 0.3) is 24.3 Å². The van der Waals surface area contributed by atoms with Gasteiger partial charge in [0.25, 0.3) is 0 Å². The lowest BCUT2D eigenvalue weighted by atomic mass is 10.1. The first-order chi connectivity index (χ1) is 24.3. The molecule has 0 aliphatic rings. The van der Waals surface area contributed by atoms with Crippen molar-refractivity contribution in [3.63, 3.8) is 0 Å². The lowest BCUT2D eigenvalue weighted by molar-refractivity contribution is -0.192. The van der Waals surface area contributed by atoms with E-state index in [0.717, 1.165) is 30.4 Å². The van der Waals surface area contributed by atoms with E-state index in [0.29, 0.717) is 59.0 Å². The topological polar surface area (TPSA) is 190 Å². The van der Waals surface area contributed by atoms with Crippen molar-refractivity contribution in [2.45, 2.75) is 25.4 Å². The largest absolute Gasteiger partial charge is 0.493 e. The first kappa shape index (κ1) is 41.3. The van der Waals surface area contributed by atoms with Gasteiger partial charge in [-0.25, -0.2) is 4.79 Å². The number of nitrogens with two attached hydrogens (primary N) is 1. The quantitative estimate of drug-likeness (QED) is 0.0774. The third-order valence-corrected chi connectivity index (χ3v) is 6.62. The van der Waals surface area contributed by atoms with E-state index in [-0.39, 0.29) is 12.0 Å². The van der Waals surface area contributed by atoms with Crippen LogP contribution in [0, 0.1) is 5.41 Å². The maximum atomic E-state index is 10.6. The highest BCUT2D eigenvalue weighted by molar-refractivity contribution is 5.75. The van der Waals surface area contributed by atoms with Gasteiger partial charge in [0.15, 0.2) is 29.0 Å². The lowest BCUT2D eigenvalue weighted by Gasteiger charge is -2.13. The number of carbonyl (C=O) groups is 1. The first-order valence-electron chi connectivity index (χ1n) is 15.2. The van der Waals surface area contributed by atoms with E-state index in [1.165, 1.54) is 0 Å². The summed E-state index contributed by atoms with van der Waals surface area (Å²) in [5.74, 6) is 0.431. The highest BCUT2D eigenvalue weighted by atomic mass is 19.4. The molecule has 0 radical (unpaired) electrons. The third-order valence-electron chi connectivity index (χ3n) is 6.62. The van der Waals surface area contributed by atoms with Gasteiger partial charge in [-0.1, -0.05) is 12.2 Å². The second kappa shape index (κ2) is 20.6. The summed E-state index contributed by atoms with van der Waals surface area (Å²) in [6.45, 7) is 1.08. The van der Waals surface area contributed by atoms with Gasteiger partial charge in [0.1, 0.15) is 0 Å². The molecule has 3 rings (SSSR count). The summed E-state index contributed by atoms with van der Waals surface area (Å²) in [5, 5.41) is 17.2. The number of hydrogen-bond donors (Lipinski definition) is 4. The predicted molar refractivity (Wildman–Crippen MR) is 185 cm³/mol. The average Bonchev–Trinajstić information content (AvgIpc) is 3.11. The molecular formula is C34H42F3N5O9. The molecule has 3 aromatic rings. The normalized spacial score (nSPS) is 11.0. The zero-order chi connectivity index (χ0) is 38.0. The number of rotatable bonds is 17. The SMILES string of the molecule is COc1cc(C=Cc2cc(C=Cc3cc(OC)c(OC)c(OC)c3)nc(OCCCCCNC(=N)N)n2)cc(OC)c1OC.O=C(O)C(F)(F)F. The predicted octanol–water partition coefficient (Wildman–Crippen LogP) is 5.53. The number of ether oxygens (including phenoxy) is 7. The smallest absolute Gasteiger partial charge is 0.490 e. The van der Waals surface area contributed by atoms with Gasteiger partial charge in [-0.15, -0.1) is 0 Å². The number of guanidine groups is 1. The van der Waals surface area contributed by atoms with Crippen LogP contribution in [0.4, 0.5) is 13.2 Å². The van der Waals surface area contributed by atoms with Crippen LogP contribution < -0.4 is 44.2 Å². The Kier molecular flexibility index (Phi) is 16.7. The minimum absolute atomic E-state index is 0.0295. The third kappa shape index (κ3) is 13.5. The van der Waals surface area contributed by atoms with E-state index < -0.39 is 12.1 Å². The molecule has 0 unspecified atom stereocenters. The molecule has 0 aliphatic carbocycles. The Morgan fingerprint density at radius 2 is 1.16 bits per heavy atom. The zero-order valence-corrected chi connectivity index (χ0v) is 29.1. The second-order valence-corrected chi connectivity index (χ2v) is 10.1. The number of carboxylic acid groups (broad SMARTS) is 1. The molecule has 0 saturated heterocycles. The Balaban J connectivity index is 0.00000116. The minimum Gasteiger partial charge on any atom is -0.493 e. The maximum absolute atomic E-state index is 10.6. The molecule has 0 bridgehead atoms. The number of nitrogens with zero attached hydrogens (tertiary/aromatic N) is 2. The number of aromatic nitrogens is 2. The van der Waals surface area contributed by atoms with Crippen molar-refractivity contribution in [1.82, 2.24) is 15.3 Å². The van der Waals surface area contributed by atoms with Crippen LogP contribution in [0.3, 0.4) is 0 Å². The Morgan fingerprint density at radius 1 is 0.745 bits per heavy atom. The summed E-state index contributed by atoms with van der Waals surface area (Å²) in [5.41, 5.74) is 8.26. The van der Waals surface area contributed by atoms with Crippen LogP contribution in [-0.2, 0) is 4.79 Å². The molecule has 14 nitrogen and oxygen atoms in total. The molecule has 278 valence electrons. The molecule has 0 atom stereocenters. The Hall–Kier alpha value is -5.87. The van der Waals surface area contributed by atoms with E-state index in [4.69, 9.17) is 54.2 Å². The van der Waals surface area contributed by atoms with E-state index in [2.05, 4.69) is 15.3 Å². The summed E-state index contributed by atoms with van der Waals surface area (Å²) < 4.78 is 70.5. The van der Waals surface area contributed by atoms with Crippen molar-refractivity contribution in [1.29, 1.82) is 5.41 Å². The van der Waals surface area contributed by atoms with Gasteiger partial charge in [-0.3, -0.25) is 5.41 Å². The number of methoxy groups -OCH3 is 6.